The predicted molar refractivity (Wildman–Crippen MR) is 77.0 cm³/mol. The van der Waals surface area contributed by atoms with Gasteiger partial charge in [-0.1, -0.05) is 35.6 Å². The highest BCUT2D eigenvalue weighted by Crippen LogP contribution is 2.41. The molecular weight excluding hydrogens is 270 g/mol. The fraction of sp³-hybridized carbons (Fsp3) is 0.625. The first kappa shape index (κ1) is 14.9. The minimum atomic E-state index is -0.267. The third kappa shape index (κ3) is 3.27. The molecule has 5 nitrogen and oxygen atoms in total. The highest BCUT2D eigenvalue weighted by molar-refractivity contribution is 5.22. The van der Waals surface area contributed by atoms with E-state index in [4.69, 9.17) is 19.1 Å². The van der Waals surface area contributed by atoms with Crippen molar-refractivity contribution in [2.45, 2.75) is 51.2 Å². The first-order chi connectivity index (χ1) is 10.3. The van der Waals surface area contributed by atoms with Gasteiger partial charge in [-0.3, -0.25) is 0 Å². The van der Waals surface area contributed by atoms with Gasteiger partial charge >= 0.3 is 0 Å². The van der Waals surface area contributed by atoms with E-state index in [9.17, 15) is 0 Å². The molecule has 2 aliphatic rings. The monoisotopic (exact) mass is 293 g/mol. The first-order valence-corrected chi connectivity index (χ1v) is 7.72. The van der Waals surface area contributed by atoms with Crippen LogP contribution in [0.5, 0.6) is 0 Å². The van der Waals surface area contributed by atoms with Crippen LogP contribution < -0.4 is 0 Å². The Balaban J connectivity index is 1.79. The summed E-state index contributed by atoms with van der Waals surface area (Å²) in [6.45, 7) is 5.20. The second-order valence-corrected chi connectivity index (χ2v) is 5.32. The minimum absolute atomic E-state index is 0.167. The molecule has 21 heavy (non-hydrogen) atoms. The summed E-state index contributed by atoms with van der Waals surface area (Å²) >= 11 is 0. The number of rotatable bonds is 5. The van der Waals surface area contributed by atoms with E-state index in [1.165, 1.54) is 5.56 Å². The molecule has 0 unspecified atom stereocenters. The van der Waals surface area contributed by atoms with E-state index in [1.54, 1.807) is 5.23 Å². The largest absolute Gasteiger partial charge is 0.351 e. The Bertz CT molecular complexity index is 441. The van der Waals surface area contributed by atoms with Crippen molar-refractivity contribution in [3.8, 4) is 0 Å². The maximum atomic E-state index is 5.79. The molecule has 2 fully saturated rings. The first-order valence-electron chi connectivity index (χ1n) is 7.72. The molecule has 0 aromatic heterocycles. The topological polar surface area (TPSA) is 40.2 Å². The molecule has 0 bridgehead atoms. The minimum Gasteiger partial charge on any atom is -0.351 e. The molecule has 1 aromatic carbocycles. The van der Waals surface area contributed by atoms with Crippen LogP contribution in [0.25, 0.3) is 0 Å². The van der Waals surface area contributed by atoms with Crippen molar-refractivity contribution in [1.29, 1.82) is 0 Å². The highest BCUT2D eigenvalue weighted by Gasteiger charge is 2.46. The van der Waals surface area contributed by atoms with Gasteiger partial charge in [-0.2, -0.15) is 0 Å². The molecule has 1 aromatic rings. The molecule has 4 atom stereocenters. The van der Waals surface area contributed by atoms with Gasteiger partial charge in [-0.25, -0.2) is 9.68 Å². The molecule has 0 aliphatic carbocycles. The molecule has 2 aliphatic heterocycles. The summed E-state index contributed by atoms with van der Waals surface area (Å²) in [5.41, 5.74) is 1.29. The van der Waals surface area contributed by atoms with E-state index in [0.29, 0.717) is 19.1 Å². The van der Waals surface area contributed by atoms with E-state index in [-0.39, 0.29) is 18.6 Å². The van der Waals surface area contributed by atoms with Gasteiger partial charge in [0.1, 0.15) is 0 Å². The lowest BCUT2D eigenvalue weighted by molar-refractivity contribution is -0.451. The maximum absolute atomic E-state index is 5.79. The van der Waals surface area contributed by atoms with E-state index in [1.807, 2.05) is 19.9 Å². The Morgan fingerprint density at radius 2 is 1.62 bits per heavy atom. The van der Waals surface area contributed by atoms with Crippen molar-refractivity contribution in [2.75, 3.05) is 13.2 Å². The zero-order valence-electron chi connectivity index (χ0n) is 12.6. The lowest BCUT2D eigenvalue weighted by Crippen LogP contribution is -2.44. The lowest BCUT2D eigenvalue weighted by atomic mass is 9.86. The normalized spacial score (nSPS) is 33.0. The number of fused-ring (bicyclic) bond motifs is 1. The van der Waals surface area contributed by atoms with E-state index >= 15 is 0 Å². The molecule has 2 saturated heterocycles. The fourth-order valence-corrected chi connectivity index (χ4v) is 3.09. The van der Waals surface area contributed by atoms with E-state index in [0.717, 1.165) is 12.8 Å². The summed E-state index contributed by atoms with van der Waals surface area (Å²) in [6.07, 6.45) is 1.15. The Hall–Kier alpha value is -0.980. The predicted octanol–water partition coefficient (Wildman–Crippen LogP) is 2.84. The van der Waals surface area contributed by atoms with Gasteiger partial charge < -0.3 is 9.47 Å². The van der Waals surface area contributed by atoms with Crippen LogP contribution in [0.15, 0.2) is 30.3 Å². The molecule has 0 N–H and O–H groups in total. The van der Waals surface area contributed by atoms with Gasteiger partial charge in [-0.15, -0.1) is 0 Å². The van der Waals surface area contributed by atoms with Crippen LogP contribution in [-0.2, 0) is 19.1 Å². The van der Waals surface area contributed by atoms with Crippen LogP contribution in [0.2, 0.25) is 0 Å². The summed E-state index contributed by atoms with van der Waals surface area (Å²) in [4.78, 5) is 11.5. The Morgan fingerprint density at radius 1 is 1.00 bits per heavy atom. The number of hydrogen-bond donors (Lipinski definition) is 0. The Labute approximate surface area is 125 Å². The number of benzene rings is 1. The van der Waals surface area contributed by atoms with E-state index in [2.05, 4.69) is 24.3 Å². The smallest absolute Gasteiger partial charge is 0.181 e. The average molecular weight is 293 g/mol. The Morgan fingerprint density at radius 3 is 2.24 bits per heavy atom. The second kappa shape index (κ2) is 6.85. The molecular formula is C16H23NO4. The number of hydroxylamine groups is 2. The maximum Gasteiger partial charge on any atom is 0.181 e. The SMILES string of the molecule is CCO[C@H]1C[C@@H](c2ccccc2)[C@@H]2C[C@@H](OCC)ON2O1. The quantitative estimate of drug-likeness (QED) is 0.835. The third-order valence-electron chi connectivity index (χ3n) is 3.99. The summed E-state index contributed by atoms with van der Waals surface area (Å²) in [7, 11) is 0. The van der Waals surface area contributed by atoms with Crippen molar-refractivity contribution in [3.05, 3.63) is 35.9 Å². The average Bonchev–Trinajstić information content (AvgIpc) is 2.90. The molecule has 2 heterocycles. The molecule has 5 heteroatoms. The molecule has 0 radical (unpaired) electrons. The standard InChI is InChI=1S/C16H23NO4/c1-3-18-15-10-13(12-8-6-5-7-9-12)14-11-16(19-4-2)21-17(14)20-15/h5-9,13-16H,3-4,10-11H2,1-2H3/t13-,14-,15+,16-/m0/s1. The van der Waals surface area contributed by atoms with Crippen LogP contribution in [0, 0.1) is 0 Å². The van der Waals surface area contributed by atoms with Crippen molar-refractivity contribution in [1.82, 2.24) is 5.23 Å². The zero-order chi connectivity index (χ0) is 14.7. The van der Waals surface area contributed by atoms with Gasteiger partial charge in [-0.05, 0) is 19.4 Å². The van der Waals surface area contributed by atoms with E-state index < -0.39 is 0 Å². The number of nitrogens with zero attached hydrogens (tertiary/aromatic N) is 1. The van der Waals surface area contributed by atoms with Gasteiger partial charge in [0.2, 0.25) is 0 Å². The van der Waals surface area contributed by atoms with Crippen molar-refractivity contribution >= 4 is 0 Å². The number of hydrogen-bond acceptors (Lipinski definition) is 5. The summed E-state index contributed by atoms with van der Waals surface area (Å²) in [5, 5.41) is 1.60. The lowest BCUT2D eigenvalue weighted by Gasteiger charge is -2.38. The van der Waals surface area contributed by atoms with Gasteiger partial charge in [0.15, 0.2) is 12.6 Å². The van der Waals surface area contributed by atoms with Crippen LogP contribution in [0.1, 0.15) is 38.2 Å². The van der Waals surface area contributed by atoms with Crippen molar-refractivity contribution in [3.63, 3.8) is 0 Å². The van der Waals surface area contributed by atoms with Crippen LogP contribution in [0.4, 0.5) is 0 Å². The van der Waals surface area contributed by atoms with Crippen LogP contribution in [-0.4, -0.2) is 37.1 Å². The number of ether oxygens (including phenoxy) is 2. The molecule has 0 saturated carbocycles. The van der Waals surface area contributed by atoms with Crippen molar-refractivity contribution in [2.24, 2.45) is 0 Å². The van der Waals surface area contributed by atoms with Crippen LogP contribution in [0.3, 0.4) is 0 Å². The highest BCUT2D eigenvalue weighted by atomic mass is 17.0. The molecule has 0 spiro atoms. The van der Waals surface area contributed by atoms with Crippen molar-refractivity contribution < 1.29 is 19.1 Å². The molecule has 0 amide bonds. The second-order valence-electron chi connectivity index (χ2n) is 5.32. The molecule has 116 valence electrons. The fourth-order valence-electron chi connectivity index (χ4n) is 3.09. The summed E-state index contributed by atoms with van der Waals surface area (Å²) in [6, 6.07) is 10.7. The summed E-state index contributed by atoms with van der Waals surface area (Å²) < 4.78 is 11.2. The third-order valence-corrected chi connectivity index (χ3v) is 3.99. The van der Waals surface area contributed by atoms with Crippen LogP contribution >= 0.6 is 0 Å². The van der Waals surface area contributed by atoms with Gasteiger partial charge in [0.05, 0.1) is 6.04 Å². The zero-order valence-corrected chi connectivity index (χ0v) is 12.6. The van der Waals surface area contributed by atoms with Gasteiger partial charge in [0, 0.05) is 32.0 Å². The Kier molecular flexibility index (Phi) is 4.87. The molecule has 3 rings (SSSR count). The van der Waals surface area contributed by atoms with Gasteiger partial charge in [0.25, 0.3) is 0 Å². The summed E-state index contributed by atoms with van der Waals surface area (Å²) in [5.74, 6) is 0.321.